The minimum Gasteiger partial charge on any atom is -0.481 e. The monoisotopic (exact) mass is 221 g/mol. The summed E-state index contributed by atoms with van der Waals surface area (Å²) in [6, 6.07) is 0.0320. The predicted molar refractivity (Wildman–Crippen MR) is 51.4 cm³/mol. The molecular weight excluding hydrogens is 206 g/mol. The highest BCUT2D eigenvalue weighted by molar-refractivity contribution is 7.89. The van der Waals surface area contributed by atoms with Gasteiger partial charge in [-0.05, 0) is 26.7 Å². The lowest BCUT2D eigenvalue weighted by Gasteiger charge is -2.18. The van der Waals surface area contributed by atoms with Gasteiger partial charge >= 0.3 is 5.97 Å². The summed E-state index contributed by atoms with van der Waals surface area (Å²) in [7, 11) is -3.45. The Labute approximate surface area is 83.6 Å². The Morgan fingerprint density at radius 2 is 2.00 bits per heavy atom. The zero-order chi connectivity index (χ0) is 11.0. The number of nitrogens with one attached hydrogen (secondary N) is 1. The van der Waals surface area contributed by atoms with Gasteiger partial charge in [0.1, 0.15) is 0 Å². The second-order valence-corrected chi connectivity index (χ2v) is 6.09. The van der Waals surface area contributed by atoms with Crippen molar-refractivity contribution in [1.29, 1.82) is 0 Å². The Morgan fingerprint density at radius 1 is 1.50 bits per heavy atom. The zero-order valence-electron chi connectivity index (χ0n) is 8.28. The fraction of sp³-hybridized carbons (Fsp3) is 0.875. The second-order valence-electron chi connectivity index (χ2n) is 4.34. The Kier molecular flexibility index (Phi) is 2.87. The molecule has 2 N–H and O–H groups in total. The molecule has 5 nitrogen and oxygen atoms in total. The van der Waals surface area contributed by atoms with Crippen LogP contribution in [-0.4, -0.2) is 31.3 Å². The van der Waals surface area contributed by atoms with E-state index in [2.05, 4.69) is 4.72 Å². The van der Waals surface area contributed by atoms with Gasteiger partial charge in [-0.15, -0.1) is 0 Å². The van der Waals surface area contributed by atoms with Crippen molar-refractivity contribution in [3.8, 4) is 0 Å². The minimum absolute atomic E-state index is 0.0320. The molecule has 0 aromatic rings. The van der Waals surface area contributed by atoms with Gasteiger partial charge in [0, 0.05) is 6.04 Å². The van der Waals surface area contributed by atoms with E-state index in [1.165, 1.54) is 13.8 Å². The van der Waals surface area contributed by atoms with Crippen LogP contribution in [0.3, 0.4) is 0 Å². The molecule has 14 heavy (non-hydrogen) atoms. The number of carboxylic acids is 1. The van der Waals surface area contributed by atoms with Crippen LogP contribution in [0, 0.1) is 5.41 Å². The molecule has 6 heteroatoms. The summed E-state index contributed by atoms with van der Waals surface area (Å²) in [6.45, 7) is 2.81. The van der Waals surface area contributed by atoms with Crippen LogP contribution in [0.15, 0.2) is 0 Å². The average Bonchev–Trinajstić information content (AvgIpc) is 2.67. The van der Waals surface area contributed by atoms with Crippen molar-refractivity contribution < 1.29 is 18.3 Å². The Hall–Kier alpha value is -0.620. The predicted octanol–water partition coefficient (Wildman–Crippen LogP) is 0.179. The molecular formula is C8H15NO4S. The molecule has 0 unspecified atom stereocenters. The Morgan fingerprint density at radius 3 is 2.36 bits per heavy atom. The molecule has 0 amide bonds. The highest BCUT2D eigenvalue weighted by Gasteiger charge is 2.36. The summed E-state index contributed by atoms with van der Waals surface area (Å²) in [6.07, 6.45) is 1.71. The standard InChI is InChI=1S/C8H15NO4S/c1-8(2,7(10)11)5-14(12,13)9-6-3-4-6/h6,9H,3-5H2,1-2H3,(H,10,11). The molecule has 82 valence electrons. The summed E-state index contributed by atoms with van der Waals surface area (Å²) in [4.78, 5) is 10.7. The number of carbonyl (C=O) groups is 1. The lowest BCUT2D eigenvalue weighted by molar-refractivity contribution is -0.145. The first-order chi connectivity index (χ1) is 6.23. The summed E-state index contributed by atoms with van der Waals surface area (Å²) < 4.78 is 25.3. The number of aliphatic carboxylic acids is 1. The van der Waals surface area contributed by atoms with Crippen molar-refractivity contribution in [2.45, 2.75) is 32.7 Å². The molecule has 0 aromatic heterocycles. The van der Waals surface area contributed by atoms with Crippen molar-refractivity contribution in [3.05, 3.63) is 0 Å². The number of rotatable bonds is 5. The topological polar surface area (TPSA) is 83.5 Å². The van der Waals surface area contributed by atoms with E-state index in [0.29, 0.717) is 0 Å². The zero-order valence-corrected chi connectivity index (χ0v) is 9.10. The maximum Gasteiger partial charge on any atom is 0.310 e. The van der Waals surface area contributed by atoms with Gasteiger partial charge in [0.2, 0.25) is 10.0 Å². The van der Waals surface area contributed by atoms with Gasteiger partial charge in [0.05, 0.1) is 11.2 Å². The molecule has 0 atom stereocenters. The van der Waals surface area contributed by atoms with E-state index in [0.717, 1.165) is 12.8 Å². The van der Waals surface area contributed by atoms with Crippen LogP contribution >= 0.6 is 0 Å². The van der Waals surface area contributed by atoms with Gasteiger partial charge in [-0.25, -0.2) is 13.1 Å². The molecule has 0 spiro atoms. The molecule has 0 radical (unpaired) electrons. The van der Waals surface area contributed by atoms with Gasteiger partial charge in [0.15, 0.2) is 0 Å². The Balaban J connectivity index is 2.61. The van der Waals surface area contributed by atoms with Gasteiger partial charge in [-0.2, -0.15) is 0 Å². The maximum absolute atomic E-state index is 11.4. The Bertz CT molecular complexity index is 329. The summed E-state index contributed by atoms with van der Waals surface area (Å²) in [5.74, 6) is -1.47. The molecule has 0 aromatic carbocycles. The van der Waals surface area contributed by atoms with Crippen LogP contribution in [-0.2, 0) is 14.8 Å². The summed E-state index contributed by atoms with van der Waals surface area (Å²) >= 11 is 0. The van der Waals surface area contributed by atoms with Gasteiger partial charge in [-0.1, -0.05) is 0 Å². The largest absolute Gasteiger partial charge is 0.481 e. The van der Waals surface area contributed by atoms with Crippen LogP contribution in [0.5, 0.6) is 0 Å². The molecule has 1 aliphatic carbocycles. The molecule has 0 bridgehead atoms. The third kappa shape index (κ3) is 3.26. The molecule has 1 rings (SSSR count). The fourth-order valence-electron chi connectivity index (χ4n) is 1.03. The normalized spacial score (nSPS) is 18.1. The maximum atomic E-state index is 11.4. The first-order valence-electron chi connectivity index (χ1n) is 4.46. The first-order valence-corrected chi connectivity index (χ1v) is 6.11. The number of hydrogen-bond donors (Lipinski definition) is 2. The minimum atomic E-state index is -3.45. The van der Waals surface area contributed by atoms with Crippen molar-refractivity contribution in [3.63, 3.8) is 0 Å². The number of hydrogen-bond acceptors (Lipinski definition) is 3. The van der Waals surface area contributed by atoms with Crippen molar-refractivity contribution >= 4 is 16.0 Å². The van der Waals surface area contributed by atoms with Crippen LogP contribution in [0.25, 0.3) is 0 Å². The number of carboxylic acid groups (broad SMARTS) is 1. The van der Waals surface area contributed by atoms with Gasteiger partial charge in [-0.3, -0.25) is 4.79 Å². The fourth-order valence-corrected chi connectivity index (χ4v) is 2.93. The second kappa shape index (κ2) is 3.51. The van der Waals surface area contributed by atoms with Gasteiger partial charge < -0.3 is 5.11 Å². The van der Waals surface area contributed by atoms with Gasteiger partial charge in [0.25, 0.3) is 0 Å². The van der Waals surface area contributed by atoms with Crippen LogP contribution in [0.1, 0.15) is 26.7 Å². The summed E-state index contributed by atoms with van der Waals surface area (Å²) in [5.41, 5.74) is -1.24. The molecule has 0 aliphatic heterocycles. The van der Waals surface area contributed by atoms with E-state index in [-0.39, 0.29) is 11.8 Å². The van der Waals surface area contributed by atoms with Crippen molar-refractivity contribution in [2.24, 2.45) is 5.41 Å². The third-order valence-corrected chi connectivity index (χ3v) is 3.85. The summed E-state index contributed by atoms with van der Waals surface area (Å²) in [5, 5.41) is 8.76. The molecule has 1 fully saturated rings. The quantitative estimate of drug-likeness (QED) is 0.693. The van der Waals surface area contributed by atoms with E-state index >= 15 is 0 Å². The smallest absolute Gasteiger partial charge is 0.310 e. The third-order valence-electron chi connectivity index (χ3n) is 2.05. The van der Waals surface area contributed by atoms with Crippen molar-refractivity contribution in [1.82, 2.24) is 4.72 Å². The number of sulfonamides is 1. The van der Waals surface area contributed by atoms with Crippen LogP contribution in [0.2, 0.25) is 0 Å². The first kappa shape index (κ1) is 11.5. The van der Waals surface area contributed by atoms with Crippen LogP contribution in [0.4, 0.5) is 0 Å². The van der Waals surface area contributed by atoms with E-state index in [4.69, 9.17) is 5.11 Å². The molecule has 0 heterocycles. The van der Waals surface area contributed by atoms with Crippen molar-refractivity contribution in [2.75, 3.05) is 5.75 Å². The highest BCUT2D eigenvalue weighted by atomic mass is 32.2. The average molecular weight is 221 g/mol. The molecule has 0 saturated heterocycles. The lowest BCUT2D eigenvalue weighted by atomic mass is 9.97. The van der Waals surface area contributed by atoms with E-state index in [1.54, 1.807) is 0 Å². The molecule has 1 saturated carbocycles. The highest BCUT2D eigenvalue weighted by Crippen LogP contribution is 2.23. The van der Waals surface area contributed by atoms with Crippen LogP contribution < -0.4 is 4.72 Å². The molecule has 1 aliphatic rings. The van der Waals surface area contributed by atoms with E-state index < -0.39 is 21.4 Å². The van der Waals surface area contributed by atoms with E-state index in [1.807, 2.05) is 0 Å². The lowest BCUT2D eigenvalue weighted by Crippen LogP contribution is -2.38. The SMILES string of the molecule is CC(C)(CS(=O)(=O)NC1CC1)C(=O)O. The van der Waals surface area contributed by atoms with E-state index in [9.17, 15) is 13.2 Å².